The van der Waals surface area contributed by atoms with Gasteiger partial charge in [0.2, 0.25) is 5.91 Å². The highest BCUT2D eigenvalue weighted by molar-refractivity contribution is 7.94. The first-order valence-corrected chi connectivity index (χ1v) is 12.4. The molecule has 0 aliphatic carbocycles. The topological polar surface area (TPSA) is 75.7 Å². The van der Waals surface area contributed by atoms with Crippen LogP contribution in [0.1, 0.15) is 24.0 Å². The molecule has 2 heterocycles. The lowest BCUT2D eigenvalue weighted by molar-refractivity contribution is -0.116. The van der Waals surface area contributed by atoms with E-state index < -0.39 is 10.0 Å². The number of carbonyl (C=O) groups excluding carboxylic acids is 1. The van der Waals surface area contributed by atoms with Gasteiger partial charge in [0, 0.05) is 18.7 Å². The molecule has 1 aliphatic heterocycles. The van der Waals surface area contributed by atoms with Gasteiger partial charge in [0.25, 0.3) is 10.0 Å². The van der Waals surface area contributed by atoms with Gasteiger partial charge in [0.1, 0.15) is 9.96 Å². The van der Waals surface area contributed by atoms with Gasteiger partial charge in [-0.1, -0.05) is 18.2 Å². The van der Waals surface area contributed by atoms with Gasteiger partial charge in [-0.15, -0.1) is 11.3 Å². The zero-order chi connectivity index (χ0) is 21.8. The third-order valence-corrected chi connectivity index (χ3v) is 8.46. The van der Waals surface area contributed by atoms with Crippen molar-refractivity contribution in [3.63, 3.8) is 0 Å². The molecule has 1 N–H and O–H groups in total. The van der Waals surface area contributed by atoms with Crippen LogP contribution in [0.2, 0.25) is 0 Å². The molecule has 0 unspecified atom stereocenters. The Bertz CT molecular complexity index is 1160. The number of sulfonamides is 1. The van der Waals surface area contributed by atoms with Gasteiger partial charge in [-0.2, -0.15) is 0 Å². The summed E-state index contributed by atoms with van der Waals surface area (Å²) >= 11 is 1.22. The van der Waals surface area contributed by atoms with Crippen molar-refractivity contribution in [2.75, 3.05) is 23.3 Å². The summed E-state index contributed by atoms with van der Waals surface area (Å²) < 4.78 is 33.0. The number of rotatable bonds is 7. The standard InChI is InChI=1S/C23H24N2O4S2/c1-29-20-10-6-17(7-11-20)8-13-22(26)24-19-9-12-21-18(16-19)4-2-14-25(21)31(27,28)23-5-3-15-30-23/h3,5-7,9-12,15-16H,2,4,8,13-14H2,1H3,(H,24,26). The lowest BCUT2D eigenvalue weighted by Crippen LogP contribution is -2.35. The van der Waals surface area contributed by atoms with Gasteiger partial charge in [-0.25, -0.2) is 8.42 Å². The normalized spacial score (nSPS) is 13.5. The number of carbonyl (C=O) groups is 1. The van der Waals surface area contributed by atoms with Crippen LogP contribution in [-0.4, -0.2) is 28.0 Å². The van der Waals surface area contributed by atoms with Gasteiger partial charge in [-0.3, -0.25) is 9.10 Å². The Kier molecular flexibility index (Phi) is 6.29. The number of fused-ring (bicyclic) bond motifs is 1. The molecule has 0 bridgehead atoms. The predicted octanol–water partition coefficient (Wildman–Crippen LogP) is 4.47. The van der Waals surface area contributed by atoms with Crippen molar-refractivity contribution in [3.8, 4) is 5.75 Å². The van der Waals surface area contributed by atoms with Crippen LogP contribution in [-0.2, 0) is 27.7 Å². The maximum Gasteiger partial charge on any atom is 0.273 e. The van der Waals surface area contributed by atoms with Crippen molar-refractivity contribution < 1.29 is 17.9 Å². The number of hydrogen-bond acceptors (Lipinski definition) is 5. The van der Waals surface area contributed by atoms with Gasteiger partial charge < -0.3 is 10.1 Å². The van der Waals surface area contributed by atoms with Crippen molar-refractivity contribution in [1.82, 2.24) is 0 Å². The molecule has 3 aromatic rings. The number of anilines is 2. The zero-order valence-electron chi connectivity index (χ0n) is 17.2. The Labute approximate surface area is 186 Å². The fourth-order valence-corrected chi connectivity index (χ4v) is 6.33. The molecule has 0 fully saturated rings. The second-order valence-corrected chi connectivity index (χ2v) is 10.4. The third kappa shape index (κ3) is 4.75. The summed E-state index contributed by atoms with van der Waals surface area (Å²) in [6, 6.07) is 16.5. The summed E-state index contributed by atoms with van der Waals surface area (Å²) in [5.74, 6) is 0.715. The maximum absolute atomic E-state index is 13.0. The molecule has 31 heavy (non-hydrogen) atoms. The maximum atomic E-state index is 13.0. The molecule has 0 saturated carbocycles. The van der Waals surface area contributed by atoms with Crippen molar-refractivity contribution >= 4 is 38.6 Å². The molecule has 4 rings (SSSR count). The van der Waals surface area contributed by atoms with E-state index in [9.17, 15) is 13.2 Å². The Morgan fingerprint density at radius 3 is 2.68 bits per heavy atom. The Balaban J connectivity index is 1.43. The van der Waals surface area contributed by atoms with Gasteiger partial charge in [0.05, 0.1) is 12.8 Å². The number of ether oxygens (including phenoxy) is 1. The Hall–Kier alpha value is -2.84. The summed E-state index contributed by atoms with van der Waals surface area (Å²) in [5, 5.41) is 4.70. The SMILES string of the molecule is COc1ccc(CCC(=O)Nc2ccc3c(c2)CCCN3S(=O)(=O)c2cccs2)cc1. The summed E-state index contributed by atoms with van der Waals surface area (Å²) in [7, 11) is -1.93. The van der Waals surface area contributed by atoms with Crippen LogP contribution in [0.4, 0.5) is 11.4 Å². The number of nitrogens with zero attached hydrogens (tertiary/aromatic N) is 1. The summed E-state index contributed by atoms with van der Waals surface area (Å²) in [6.45, 7) is 0.459. The Morgan fingerprint density at radius 2 is 1.97 bits per heavy atom. The van der Waals surface area contributed by atoms with Crippen LogP contribution in [0, 0.1) is 0 Å². The number of amides is 1. The van der Waals surface area contributed by atoms with E-state index in [1.807, 2.05) is 30.3 Å². The highest BCUT2D eigenvalue weighted by Gasteiger charge is 2.29. The van der Waals surface area contributed by atoms with Crippen LogP contribution in [0.3, 0.4) is 0 Å². The van der Waals surface area contributed by atoms with Crippen molar-refractivity contribution in [3.05, 3.63) is 71.1 Å². The lowest BCUT2D eigenvalue weighted by atomic mass is 10.0. The van der Waals surface area contributed by atoms with E-state index in [0.29, 0.717) is 35.0 Å². The molecule has 1 aliphatic rings. The van der Waals surface area contributed by atoms with Crippen molar-refractivity contribution in [2.24, 2.45) is 0 Å². The second-order valence-electron chi connectivity index (χ2n) is 7.35. The van der Waals surface area contributed by atoms with Crippen molar-refractivity contribution in [1.29, 1.82) is 0 Å². The first-order valence-electron chi connectivity index (χ1n) is 10.1. The fourth-order valence-electron chi connectivity index (χ4n) is 3.68. The number of benzene rings is 2. The minimum absolute atomic E-state index is 0.0744. The van der Waals surface area contributed by atoms with Gasteiger partial charge in [-0.05, 0) is 72.2 Å². The molecule has 8 heteroatoms. The lowest BCUT2D eigenvalue weighted by Gasteiger charge is -2.30. The molecule has 2 aromatic carbocycles. The smallest absolute Gasteiger partial charge is 0.273 e. The monoisotopic (exact) mass is 456 g/mol. The molecule has 1 amide bonds. The molecule has 1 aromatic heterocycles. The average molecular weight is 457 g/mol. The third-order valence-electron chi connectivity index (χ3n) is 5.28. The molecular formula is C23H24N2O4S2. The highest BCUT2D eigenvalue weighted by Crippen LogP contribution is 2.34. The molecule has 0 radical (unpaired) electrons. The van der Waals surface area contributed by atoms with E-state index in [2.05, 4.69) is 5.32 Å². The second kappa shape index (κ2) is 9.11. The van der Waals surface area contributed by atoms with E-state index in [0.717, 1.165) is 29.7 Å². The minimum Gasteiger partial charge on any atom is -0.497 e. The fraction of sp³-hybridized carbons (Fsp3) is 0.261. The number of nitrogens with one attached hydrogen (secondary N) is 1. The van der Waals surface area contributed by atoms with E-state index in [1.165, 1.54) is 15.6 Å². The van der Waals surface area contributed by atoms with Crippen LogP contribution in [0.15, 0.2) is 64.2 Å². The zero-order valence-corrected chi connectivity index (χ0v) is 18.8. The number of aryl methyl sites for hydroxylation is 2. The molecule has 0 atom stereocenters. The molecule has 162 valence electrons. The van der Waals surface area contributed by atoms with E-state index >= 15 is 0 Å². The van der Waals surface area contributed by atoms with E-state index in [1.54, 1.807) is 36.8 Å². The first-order chi connectivity index (χ1) is 15.0. The largest absolute Gasteiger partial charge is 0.497 e. The van der Waals surface area contributed by atoms with E-state index in [4.69, 9.17) is 4.74 Å². The van der Waals surface area contributed by atoms with Gasteiger partial charge in [0.15, 0.2) is 0 Å². The highest BCUT2D eigenvalue weighted by atomic mass is 32.2. The molecule has 0 spiro atoms. The van der Waals surface area contributed by atoms with Crippen molar-refractivity contribution in [2.45, 2.75) is 29.9 Å². The van der Waals surface area contributed by atoms with Crippen LogP contribution in [0.5, 0.6) is 5.75 Å². The molecule has 0 saturated heterocycles. The average Bonchev–Trinajstić information content (AvgIpc) is 3.33. The summed E-state index contributed by atoms with van der Waals surface area (Å²) in [6.07, 6.45) is 2.52. The molecular weight excluding hydrogens is 432 g/mol. The number of thiophene rings is 1. The Morgan fingerprint density at radius 1 is 1.16 bits per heavy atom. The number of methoxy groups -OCH3 is 1. The minimum atomic E-state index is -3.56. The number of hydrogen-bond donors (Lipinski definition) is 1. The summed E-state index contributed by atoms with van der Waals surface area (Å²) in [4.78, 5) is 12.4. The first kappa shape index (κ1) is 21.4. The van der Waals surface area contributed by atoms with Gasteiger partial charge >= 0.3 is 0 Å². The van der Waals surface area contributed by atoms with Crippen LogP contribution >= 0.6 is 11.3 Å². The van der Waals surface area contributed by atoms with Crippen LogP contribution < -0.4 is 14.4 Å². The summed E-state index contributed by atoms with van der Waals surface area (Å²) in [5.41, 5.74) is 3.37. The van der Waals surface area contributed by atoms with Crippen LogP contribution in [0.25, 0.3) is 0 Å². The quantitative estimate of drug-likeness (QED) is 0.569. The predicted molar refractivity (Wildman–Crippen MR) is 124 cm³/mol. The molecule has 6 nitrogen and oxygen atoms in total. The van der Waals surface area contributed by atoms with E-state index in [-0.39, 0.29) is 5.91 Å².